The van der Waals surface area contributed by atoms with Crippen molar-refractivity contribution in [1.82, 2.24) is 10.3 Å². The van der Waals surface area contributed by atoms with E-state index in [4.69, 9.17) is 5.73 Å². The summed E-state index contributed by atoms with van der Waals surface area (Å²) in [5, 5.41) is 25.9. The smallest absolute Gasteiger partial charge is 0.128 e. The number of aliphatic hydroxyl groups is 2. The number of hydrogen-bond donors (Lipinski definition) is 5. The Morgan fingerprint density at radius 1 is 1.27 bits per heavy atom. The first-order chi connectivity index (χ1) is 10.3. The second kappa shape index (κ2) is 7.26. The van der Waals surface area contributed by atoms with Gasteiger partial charge in [-0.25, -0.2) is 4.98 Å². The zero-order chi connectivity index (χ0) is 16.2. The SMILES string of the molecule is CC(C)(O)CNCc1cc(N)nc(N[C@H]2CC[C@H](O)CC2)c1. The average molecular weight is 308 g/mol. The number of nitrogens with two attached hydrogens (primary N) is 1. The van der Waals surface area contributed by atoms with Crippen molar-refractivity contribution in [1.29, 1.82) is 0 Å². The first kappa shape index (κ1) is 17.0. The Morgan fingerprint density at radius 3 is 2.59 bits per heavy atom. The molecule has 0 aliphatic heterocycles. The van der Waals surface area contributed by atoms with Crippen LogP contribution in [-0.2, 0) is 6.54 Å². The Hall–Kier alpha value is -1.37. The molecule has 1 aromatic rings. The molecule has 2 rings (SSSR count). The minimum Gasteiger partial charge on any atom is -0.393 e. The molecule has 0 unspecified atom stereocenters. The predicted molar refractivity (Wildman–Crippen MR) is 88.5 cm³/mol. The molecule has 0 aromatic carbocycles. The van der Waals surface area contributed by atoms with E-state index >= 15 is 0 Å². The number of anilines is 2. The van der Waals surface area contributed by atoms with E-state index in [9.17, 15) is 10.2 Å². The lowest BCUT2D eigenvalue weighted by atomic mass is 9.93. The highest BCUT2D eigenvalue weighted by atomic mass is 16.3. The minimum absolute atomic E-state index is 0.159. The molecule has 1 aromatic heterocycles. The predicted octanol–water partition coefficient (Wildman–Crippen LogP) is 1.24. The van der Waals surface area contributed by atoms with E-state index in [-0.39, 0.29) is 6.10 Å². The first-order valence-electron chi connectivity index (χ1n) is 7.96. The third kappa shape index (κ3) is 5.79. The lowest BCUT2D eigenvalue weighted by Crippen LogP contribution is -2.34. The molecule has 22 heavy (non-hydrogen) atoms. The summed E-state index contributed by atoms with van der Waals surface area (Å²) in [4.78, 5) is 4.33. The van der Waals surface area contributed by atoms with Crippen molar-refractivity contribution in [3.63, 3.8) is 0 Å². The third-order valence-corrected chi connectivity index (χ3v) is 3.84. The van der Waals surface area contributed by atoms with Gasteiger partial charge in [-0.3, -0.25) is 0 Å². The van der Waals surface area contributed by atoms with Crippen LogP contribution in [0.25, 0.3) is 0 Å². The van der Waals surface area contributed by atoms with Gasteiger partial charge in [0.25, 0.3) is 0 Å². The van der Waals surface area contributed by atoms with Crippen molar-refractivity contribution >= 4 is 11.6 Å². The number of hydrogen-bond acceptors (Lipinski definition) is 6. The fourth-order valence-electron chi connectivity index (χ4n) is 2.73. The highest BCUT2D eigenvalue weighted by Gasteiger charge is 2.19. The van der Waals surface area contributed by atoms with E-state index in [0.717, 1.165) is 37.1 Å². The van der Waals surface area contributed by atoms with Gasteiger partial charge in [0.15, 0.2) is 0 Å². The van der Waals surface area contributed by atoms with Crippen LogP contribution < -0.4 is 16.4 Å². The van der Waals surface area contributed by atoms with Gasteiger partial charge in [-0.15, -0.1) is 0 Å². The molecule has 6 nitrogen and oxygen atoms in total. The standard InChI is InChI=1S/C16H28N4O2/c1-16(2,22)10-18-9-11-7-14(17)20-15(8-11)19-12-3-5-13(21)6-4-12/h7-8,12-13,18,21-22H,3-6,9-10H2,1-2H3,(H3,17,19,20)/t12-,13-. The van der Waals surface area contributed by atoms with E-state index in [1.54, 1.807) is 13.8 Å². The molecule has 1 fully saturated rings. The second-order valence-corrected chi connectivity index (χ2v) is 6.85. The number of nitrogens with one attached hydrogen (secondary N) is 2. The number of rotatable bonds is 6. The number of nitrogen functional groups attached to an aromatic ring is 1. The summed E-state index contributed by atoms with van der Waals surface area (Å²) >= 11 is 0. The van der Waals surface area contributed by atoms with Crippen molar-refractivity contribution in [3.8, 4) is 0 Å². The lowest BCUT2D eigenvalue weighted by molar-refractivity contribution is 0.0795. The largest absolute Gasteiger partial charge is 0.393 e. The summed E-state index contributed by atoms with van der Waals surface area (Å²) in [6, 6.07) is 4.17. The van der Waals surface area contributed by atoms with Crippen molar-refractivity contribution in [3.05, 3.63) is 17.7 Å². The summed E-state index contributed by atoms with van der Waals surface area (Å²) < 4.78 is 0. The highest BCUT2D eigenvalue weighted by Crippen LogP contribution is 2.22. The Morgan fingerprint density at radius 2 is 1.95 bits per heavy atom. The molecule has 1 aliphatic carbocycles. The minimum atomic E-state index is -0.734. The second-order valence-electron chi connectivity index (χ2n) is 6.85. The molecular weight excluding hydrogens is 280 g/mol. The van der Waals surface area contributed by atoms with E-state index < -0.39 is 5.60 Å². The summed E-state index contributed by atoms with van der Waals surface area (Å²) in [5.74, 6) is 1.27. The molecular formula is C16H28N4O2. The number of aliphatic hydroxyl groups excluding tert-OH is 1. The van der Waals surface area contributed by atoms with Crippen molar-refractivity contribution in [2.24, 2.45) is 0 Å². The first-order valence-corrected chi connectivity index (χ1v) is 7.96. The number of pyridine rings is 1. The van der Waals surface area contributed by atoms with Gasteiger partial charge < -0.3 is 26.6 Å². The number of aromatic nitrogens is 1. The summed E-state index contributed by atoms with van der Waals surface area (Å²) in [7, 11) is 0. The summed E-state index contributed by atoms with van der Waals surface area (Å²) in [6.45, 7) is 4.68. The normalized spacial score (nSPS) is 22.5. The van der Waals surface area contributed by atoms with Crippen LogP contribution in [0, 0.1) is 0 Å². The van der Waals surface area contributed by atoms with Gasteiger partial charge in [0.05, 0.1) is 11.7 Å². The fourth-order valence-corrected chi connectivity index (χ4v) is 2.73. The molecule has 1 heterocycles. The monoisotopic (exact) mass is 308 g/mol. The highest BCUT2D eigenvalue weighted by molar-refractivity contribution is 5.47. The van der Waals surface area contributed by atoms with Crippen LogP contribution in [0.15, 0.2) is 12.1 Å². The molecule has 0 amide bonds. The van der Waals surface area contributed by atoms with Crippen LogP contribution >= 0.6 is 0 Å². The Kier molecular flexibility index (Phi) is 5.61. The van der Waals surface area contributed by atoms with Crippen LogP contribution in [0.4, 0.5) is 11.6 Å². The van der Waals surface area contributed by atoms with E-state index in [0.29, 0.717) is 24.9 Å². The Balaban J connectivity index is 1.91. The lowest BCUT2D eigenvalue weighted by Gasteiger charge is -2.26. The quantitative estimate of drug-likeness (QED) is 0.542. The molecule has 0 radical (unpaired) electrons. The van der Waals surface area contributed by atoms with Gasteiger partial charge in [0, 0.05) is 19.1 Å². The molecule has 124 valence electrons. The maximum Gasteiger partial charge on any atom is 0.128 e. The van der Waals surface area contributed by atoms with Gasteiger partial charge in [-0.05, 0) is 57.2 Å². The van der Waals surface area contributed by atoms with Crippen LogP contribution in [0.5, 0.6) is 0 Å². The number of nitrogens with zero attached hydrogens (tertiary/aromatic N) is 1. The molecule has 1 aliphatic rings. The van der Waals surface area contributed by atoms with Gasteiger partial charge in [-0.2, -0.15) is 0 Å². The fraction of sp³-hybridized carbons (Fsp3) is 0.688. The zero-order valence-electron chi connectivity index (χ0n) is 13.5. The molecule has 6 heteroatoms. The van der Waals surface area contributed by atoms with Gasteiger partial charge in [0.1, 0.15) is 11.6 Å². The third-order valence-electron chi connectivity index (χ3n) is 3.84. The Labute approximate surface area is 132 Å². The topological polar surface area (TPSA) is 103 Å². The molecule has 6 N–H and O–H groups in total. The van der Waals surface area contributed by atoms with Crippen molar-refractivity contribution in [2.45, 2.75) is 63.8 Å². The molecule has 1 saturated carbocycles. The summed E-state index contributed by atoms with van der Waals surface area (Å²) in [5.41, 5.74) is 6.18. The Bertz CT molecular complexity index is 480. The van der Waals surface area contributed by atoms with E-state index in [1.807, 2.05) is 12.1 Å². The molecule has 0 spiro atoms. The van der Waals surface area contributed by atoms with Crippen LogP contribution in [0.1, 0.15) is 45.1 Å². The van der Waals surface area contributed by atoms with Gasteiger partial charge in [-0.1, -0.05) is 0 Å². The van der Waals surface area contributed by atoms with Gasteiger partial charge >= 0.3 is 0 Å². The molecule has 0 bridgehead atoms. The van der Waals surface area contributed by atoms with Crippen molar-refractivity contribution < 1.29 is 10.2 Å². The maximum absolute atomic E-state index is 9.71. The molecule has 0 saturated heterocycles. The maximum atomic E-state index is 9.71. The van der Waals surface area contributed by atoms with Crippen LogP contribution in [-0.4, -0.2) is 39.5 Å². The average Bonchev–Trinajstić information content (AvgIpc) is 2.39. The summed E-state index contributed by atoms with van der Waals surface area (Å²) in [6.07, 6.45) is 3.40. The van der Waals surface area contributed by atoms with E-state index in [2.05, 4.69) is 15.6 Å². The van der Waals surface area contributed by atoms with Gasteiger partial charge in [0.2, 0.25) is 0 Å². The zero-order valence-corrected chi connectivity index (χ0v) is 13.5. The van der Waals surface area contributed by atoms with Crippen molar-refractivity contribution in [2.75, 3.05) is 17.6 Å². The van der Waals surface area contributed by atoms with Crippen LogP contribution in [0.3, 0.4) is 0 Å². The van der Waals surface area contributed by atoms with E-state index in [1.165, 1.54) is 0 Å². The molecule has 0 atom stereocenters. The van der Waals surface area contributed by atoms with Crippen LogP contribution in [0.2, 0.25) is 0 Å².